The lowest BCUT2D eigenvalue weighted by molar-refractivity contribution is 1.15. The van der Waals surface area contributed by atoms with Crippen LogP contribution in [-0.4, -0.2) is 20.7 Å². The quantitative estimate of drug-likeness (QED) is 0.0999. The molecule has 0 spiro atoms. The van der Waals surface area contributed by atoms with Gasteiger partial charge in [-0.1, -0.05) is 261 Å². The predicted molar refractivity (Wildman–Crippen MR) is 331 cm³/mol. The Morgan fingerprint density at radius 1 is 0.195 bits per heavy atom. The van der Waals surface area contributed by atoms with Crippen LogP contribution in [-0.2, 0) is 0 Å². The highest BCUT2D eigenvalue weighted by Gasteiger charge is 2.43. The molecule has 2 heterocycles. The van der Waals surface area contributed by atoms with Gasteiger partial charge in [0.1, 0.15) is 0 Å². The van der Waals surface area contributed by atoms with E-state index in [1.807, 2.05) is 0 Å². The number of hydrogen-bond donors (Lipinski definition) is 0. The molecule has 14 rings (SSSR count). The average molecular weight is 1020 g/mol. The fourth-order valence-electron chi connectivity index (χ4n) is 12.8. The summed E-state index contributed by atoms with van der Waals surface area (Å²) in [5, 5.41) is 13.2. The summed E-state index contributed by atoms with van der Waals surface area (Å²) >= 11 is 0. The maximum absolute atomic E-state index is 2.81. The molecule has 0 radical (unpaired) electrons. The number of nitrogens with zero attached hydrogens (tertiary/aromatic N) is 3. The molecule has 0 bridgehead atoms. The molecule has 1 aromatic heterocycles. The van der Waals surface area contributed by atoms with Crippen LogP contribution in [0.2, 0.25) is 0 Å². The lowest BCUT2D eigenvalue weighted by Gasteiger charge is -2.36. The number of fused-ring (bicyclic) bond motifs is 6. The van der Waals surface area contributed by atoms with Gasteiger partial charge >= 0.3 is 0 Å². The van der Waals surface area contributed by atoms with Crippen molar-refractivity contribution in [1.82, 2.24) is 4.57 Å². The van der Waals surface area contributed by atoms with Crippen molar-refractivity contribution in [2.24, 2.45) is 0 Å². The number of anilines is 6. The Morgan fingerprint density at radius 2 is 0.468 bits per heavy atom. The maximum Gasteiger partial charge on any atom is 0.179 e. The summed E-state index contributed by atoms with van der Waals surface area (Å²) in [6.45, 7) is 0. The standard InChI is InChI=1S/C72H53N3Si2/c1-7-26-56(27-8-1)76(57-28-9-2-10-29-57,58-30-11-3-12-31-58)62-50-46-54(47-51-62)73-67-41-21-22-42-68(67)74(71-45-25-39-65-64-38-19-20-40-66(64)75(72(65)71)70-44-24-23-43-69(70)73)55-48-52-63(53-49-55)77(59-32-13-4-14-33-59,60-34-15-5-16-35-60)61-36-17-6-18-37-61/h1-53H. The van der Waals surface area contributed by atoms with Crippen LogP contribution in [0.4, 0.5) is 34.1 Å². The van der Waals surface area contributed by atoms with E-state index in [0.29, 0.717) is 0 Å². The minimum absolute atomic E-state index is 1.07. The van der Waals surface area contributed by atoms with E-state index in [2.05, 4.69) is 336 Å². The van der Waals surface area contributed by atoms with Crippen LogP contribution in [0.3, 0.4) is 0 Å². The summed E-state index contributed by atoms with van der Waals surface area (Å²) in [6.07, 6.45) is 0. The number of benzene rings is 12. The number of rotatable bonds is 10. The van der Waals surface area contributed by atoms with Crippen molar-refractivity contribution in [1.29, 1.82) is 0 Å². The number of hydrogen-bond acceptors (Lipinski definition) is 2. The first-order valence-electron chi connectivity index (χ1n) is 26.6. The molecule has 13 aromatic rings. The van der Waals surface area contributed by atoms with Crippen molar-refractivity contribution in [3.05, 3.63) is 322 Å². The molecular weight excluding hydrogens is 963 g/mol. The lowest BCUT2D eigenvalue weighted by Crippen LogP contribution is -2.74. The minimum Gasteiger partial charge on any atom is -0.306 e. The number of aromatic nitrogens is 1. The van der Waals surface area contributed by atoms with Gasteiger partial charge in [0.2, 0.25) is 0 Å². The average Bonchev–Trinajstić information content (AvgIpc) is 3.91. The molecule has 0 saturated heterocycles. The van der Waals surface area contributed by atoms with E-state index in [4.69, 9.17) is 0 Å². The summed E-state index contributed by atoms with van der Waals surface area (Å²) in [7, 11) is -5.61. The topological polar surface area (TPSA) is 11.4 Å². The van der Waals surface area contributed by atoms with Crippen LogP contribution in [0.15, 0.2) is 322 Å². The Balaban J connectivity index is 1.02. The van der Waals surface area contributed by atoms with Gasteiger partial charge in [0.05, 0.1) is 39.5 Å². The third-order valence-electron chi connectivity index (χ3n) is 16.0. The highest BCUT2D eigenvalue weighted by atomic mass is 28.3. The lowest BCUT2D eigenvalue weighted by atomic mass is 10.1. The largest absolute Gasteiger partial charge is 0.306 e. The van der Waals surface area contributed by atoms with Gasteiger partial charge in [0.25, 0.3) is 0 Å². The summed E-state index contributed by atoms with van der Waals surface area (Å²) < 4.78 is 2.51. The van der Waals surface area contributed by atoms with Gasteiger partial charge in [-0.2, -0.15) is 0 Å². The fourth-order valence-corrected chi connectivity index (χ4v) is 22.3. The normalized spacial score (nSPS) is 12.4. The van der Waals surface area contributed by atoms with Crippen molar-refractivity contribution in [2.75, 3.05) is 9.80 Å². The van der Waals surface area contributed by atoms with Crippen LogP contribution in [0.5, 0.6) is 0 Å². The molecule has 12 aromatic carbocycles. The Hall–Kier alpha value is -9.53. The molecule has 0 unspecified atom stereocenters. The Bertz CT molecular complexity index is 4000. The van der Waals surface area contributed by atoms with Gasteiger partial charge in [-0.25, -0.2) is 0 Å². The Kier molecular flexibility index (Phi) is 11.5. The summed E-state index contributed by atoms with van der Waals surface area (Å²) in [4.78, 5) is 5.01. The van der Waals surface area contributed by atoms with Crippen LogP contribution in [0, 0.1) is 0 Å². The summed E-state index contributed by atoms with van der Waals surface area (Å²) in [5.74, 6) is 0. The zero-order valence-electron chi connectivity index (χ0n) is 42.4. The first kappa shape index (κ1) is 46.0. The van der Waals surface area contributed by atoms with Gasteiger partial charge in [-0.15, -0.1) is 0 Å². The van der Waals surface area contributed by atoms with E-state index in [1.54, 1.807) is 0 Å². The monoisotopic (exact) mass is 1020 g/mol. The first-order valence-corrected chi connectivity index (χ1v) is 30.6. The Labute approximate surface area is 452 Å². The van der Waals surface area contributed by atoms with Gasteiger partial charge in [-0.3, -0.25) is 0 Å². The highest BCUT2D eigenvalue weighted by Crippen LogP contribution is 2.51. The molecule has 364 valence electrons. The summed E-state index contributed by atoms with van der Waals surface area (Å²) in [6, 6.07) is 120. The van der Waals surface area contributed by atoms with E-state index < -0.39 is 16.1 Å². The molecule has 0 N–H and O–H groups in total. The SMILES string of the molecule is c1ccc([Si](c2ccccc2)(c2ccccc2)c2ccc(N3c4ccccc4N(c4ccc([Si](c5ccccc5)(c5ccccc5)c5ccccc5)cc4)c4cccc5c6ccccc6n(c45)-c4ccccc43)cc2)cc1. The maximum atomic E-state index is 2.51. The molecule has 5 heteroatoms. The van der Waals surface area contributed by atoms with E-state index in [-0.39, 0.29) is 0 Å². The van der Waals surface area contributed by atoms with Crippen molar-refractivity contribution in [3.8, 4) is 5.69 Å². The minimum atomic E-state index is -2.81. The second kappa shape index (κ2) is 19.3. The van der Waals surface area contributed by atoms with Crippen LogP contribution >= 0.6 is 0 Å². The van der Waals surface area contributed by atoms with E-state index in [1.165, 1.54) is 52.3 Å². The van der Waals surface area contributed by atoms with Crippen molar-refractivity contribution in [2.45, 2.75) is 0 Å². The molecule has 3 nitrogen and oxygen atoms in total. The van der Waals surface area contributed by atoms with Crippen LogP contribution in [0.1, 0.15) is 0 Å². The molecule has 0 fully saturated rings. The molecule has 1 aliphatic heterocycles. The Morgan fingerprint density at radius 3 is 0.857 bits per heavy atom. The second-order valence-electron chi connectivity index (χ2n) is 20.0. The molecule has 0 atom stereocenters. The molecule has 0 aliphatic carbocycles. The van der Waals surface area contributed by atoms with Crippen molar-refractivity contribution < 1.29 is 0 Å². The molecule has 1 aliphatic rings. The van der Waals surface area contributed by atoms with E-state index >= 15 is 0 Å². The van der Waals surface area contributed by atoms with Crippen LogP contribution < -0.4 is 51.3 Å². The second-order valence-corrected chi connectivity index (χ2v) is 27.6. The third kappa shape index (κ3) is 7.38. The molecular formula is C72H53N3Si2. The smallest absolute Gasteiger partial charge is 0.179 e. The zero-order chi connectivity index (χ0) is 51.2. The van der Waals surface area contributed by atoms with Crippen molar-refractivity contribution in [3.63, 3.8) is 0 Å². The number of para-hydroxylation sites is 6. The zero-order valence-corrected chi connectivity index (χ0v) is 44.4. The molecule has 77 heavy (non-hydrogen) atoms. The van der Waals surface area contributed by atoms with E-state index in [0.717, 1.165) is 50.8 Å². The predicted octanol–water partition coefficient (Wildman–Crippen LogP) is 12.8. The van der Waals surface area contributed by atoms with Crippen LogP contribution in [0.25, 0.3) is 27.5 Å². The third-order valence-corrected chi connectivity index (χ3v) is 25.6. The van der Waals surface area contributed by atoms with Gasteiger partial charge < -0.3 is 14.4 Å². The van der Waals surface area contributed by atoms with Gasteiger partial charge in [-0.05, 0) is 102 Å². The fraction of sp³-hybridized carbons (Fsp3) is 0. The highest BCUT2D eigenvalue weighted by molar-refractivity contribution is 7.20. The molecule has 0 saturated carbocycles. The van der Waals surface area contributed by atoms with Gasteiger partial charge in [0.15, 0.2) is 16.1 Å². The van der Waals surface area contributed by atoms with E-state index in [9.17, 15) is 0 Å². The summed E-state index contributed by atoms with van der Waals surface area (Å²) in [5.41, 5.74) is 9.91. The first-order chi connectivity index (χ1) is 38.2. The van der Waals surface area contributed by atoms with Gasteiger partial charge in [0, 0.05) is 22.1 Å². The van der Waals surface area contributed by atoms with Crippen molar-refractivity contribution >= 4 is 114 Å². The molecule has 0 amide bonds.